The minimum Gasteiger partial charge on any atom is -0.490 e. The number of Topliss-reactive ketones (excluding diaryl/α,β-unsaturated/α-hetero) is 1. The average molecular weight is 515 g/mol. The number of ketones is 1. The molecule has 0 radical (unpaired) electrons. The van der Waals surface area contributed by atoms with Crippen LogP contribution in [0.3, 0.4) is 0 Å². The van der Waals surface area contributed by atoms with Gasteiger partial charge in [0.15, 0.2) is 5.78 Å². The molecule has 0 bridgehead atoms. The highest BCUT2D eigenvalue weighted by Gasteiger charge is 2.31. The lowest BCUT2D eigenvalue weighted by molar-refractivity contribution is -0.120. The number of aliphatic hydroxyl groups excluding tert-OH is 1. The van der Waals surface area contributed by atoms with E-state index in [1.165, 1.54) is 16.0 Å². The van der Waals surface area contributed by atoms with Gasteiger partial charge in [0.2, 0.25) is 5.91 Å². The van der Waals surface area contributed by atoms with Crippen LogP contribution in [-0.2, 0) is 30.5 Å². The molecule has 0 aliphatic heterocycles. The van der Waals surface area contributed by atoms with E-state index >= 15 is 0 Å². The molecule has 2 aromatic rings. The lowest BCUT2D eigenvalue weighted by Gasteiger charge is -2.30. The third-order valence-corrected chi connectivity index (χ3v) is 8.39. The second kappa shape index (κ2) is 12.3. The Balaban J connectivity index is 1.60. The van der Waals surface area contributed by atoms with Crippen molar-refractivity contribution in [2.45, 2.75) is 79.2 Å². The largest absolute Gasteiger partial charge is 0.490 e. The molecular weight excluding hydrogens is 472 g/mol. The molecule has 36 heavy (non-hydrogen) atoms. The number of carbonyl (C=O) groups excluding carboxylic acids is 2. The van der Waals surface area contributed by atoms with Gasteiger partial charge >= 0.3 is 0 Å². The van der Waals surface area contributed by atoms with Crippen LogP contribution in [0.5, 0.6) is 5.75 Å². The molecule has 0 saturated carbocycles. The molecule has 1 aromatic heterocycles. The first kappa shape index (κ1) is 28.4. The summed E-state index contributed by atoms with van der Waals surface area (Å²) >= 11 is 1.72. The Bertz CT molecular complexity index is 1070. The first-order valence-corrected chi connectivity index (χ1v) is 13.8. The number of fused-ring (bicyclic) bond motifs is 1. The van der Waals surface area contributed by atoms with E-state index in [0.29, 0.717) is 18.3 Å². The summed E-state index contributed by atoms with van der Waals surface area (Å²) in [4.78, 5) is 27.2. The van der Waals surface area contributed by atoms with Crippen molar-refractivity contribution in [1.29, 1.82) is 0 Å². The van der Waals surface area contributed by atoms with Gasteiger partial charge in [0.1, 0.15) is 18.5 Å². The molecule has 1 aromatic carbocycles. The fourth-order valence-electron chi connectivity index (χ4n) is 5.04. The molecule has 198 valence electrons. The first-order chi connectivity index (χ1) is 17.0. The molecule has 1 amide bonds. The number of benzene rings is 1. The van der Waals surface area contributed by atoms with Crippen molar-refractivity contribution >= 4 is 23.0 Å². The van der Waals surface area contributed by atoms with Gasteiger partial charge in [0.25, 0.3) is 0 Å². The van der Waals surface area contributed by atoms with Crippen molar-refractivity contribution in [2.24, 2.45) is 5.41 Å². The van der Waals surface area contributed by atoms with Crippen LogP contribution < -0.4 is 15.4 Å². The minimum atomic E-state index is -0.794. The van der Waals surface area contributed by atoms with Crippen molar-refractivity contribution in [3.8, 4) is 5.75 Å². The number of likely N-dealkylation sites (N-methyl/N-ethyl adjacent to an activating group) is 1. The quantitative estimate of drug-likeness (QED) is 0.367. The van der Waals surface area contributed by atoms with Crippen LogP contribution in [0.2, 0.25) is 0 Å². The van der Waals surface area contributed by atoms with Gasteiger partial charge in [-0.05, 0) is 86.2 Å². The summed E-state index contributed by atoms with van der Waals surface area (Å²) in [5.74, 6) is 0.837. The molecule has 1 aliphatic carbocycles. The van der Waals surface area contributed by atoms with Crippen LogP contribution >= 0.6 is 11.3 Å². The van der Waals surface area contributed by atoms with Gasteiger partial charge in [-0.15, -0.1) is 11.3 Å². The maximum absolute atomic E-state index is 13.3. The maximum atomic E-state index is 13.3. The molecule has 3 rings (SSSR count). The molecule has 0 spiro atoms. The molecule has 7 heteroatoms. The highest BCUT2D eigenvalue weighted by atomic mass is 32.1. The molecular formula is C29H42N2O4S. The Morgan fingerprint density at radius 2 is 1.89 bits per heavy atom. The number of aliphatic hydroxyl groups is 1. The van der Waals surface area contributed by atoms with Crippen LogP contribution in [0, 0.1) is 19.3 Å². The van der Waals surface area contributed by atoms with Crippen LogP contribution in [0.25, 0.3) is 0 Å². The fourth-order valence-corrected chi connectivity index (χ4v) is 6.31. The average Bonchev–Trinajstić information content (AvgIpc) is 3.17. The number of nitrogens with one attached hydrogen (secondary N) is 2. The summed E-state index contributed by atoms with van der Waals surface area (Å²) in [6.45, 7) is 11.3. The number of carbonyl (C=O) groups is 2. The van der Waals surface area contributed by atoms with Crippen LogP contribution in [0.15, 0.2) is 12.1 Å². The second-order valence-electron chi connectivity index (χ2n) is 10.8. The normalized spacial score (nSPS) is 15.3. The highest BCUT2D eigenvalue weighted by Crippen LogP contribution is 2.42. The molecule has 1 heterocycles. The summed E-state index contributed by atoms with van der Waals surface area (Å²) in [7, 11) is 1.70. The van der Waals surface area contributed by atoms with E-state index in [-0.39, 0.29) is 31.4 Å². The Morgan fingerprint density at radius 1 is 1.19 bits per heavy atom. The Hall–Kier alpha value is -2.22. The zero-order valence-electron chi connectivity index (χ0n) is 22.7. The summed E-state index contributed by atoms with van der Waals surface area (Å²) < 4.78 is 5.88. The molecule has 0 fully saturated rings. The topological polar surface area (TPSA) is 87.7 Å². The number of hydrogen-bond donors (Lipinski definition) is 3. The molecule has 3 N–H and O–H groups in total. The van der Waals surface area contributed by atoms with Gasteiger partial charge in [-0.1, -0.05) is 32.9 Å². The van der Waals surface area contributed by atoms with Crippen molar-refractivity contribution in [3.05, 3.63) is 49.7 Å². The number of aryl methyl sites for hydroxylation is 4. The van der Waals surface area contributed by atoms with E-state index in [0.717, 1.165) is 53.0 Å². The van der Waals surface area contributed by atoms with E-state index in [1.807, 2.05) is 13.8 Å². The van der Waals surface area contributed by atoms with Crippen molar-refractivity contribution in [1.82, 2.24) is 10.6 Å². The smallest absolute Gasteiger partial charge is 0.234 e. The number of ether oxygens (including phenoxy) is 1. The summed E-state index contributed by atoms with van der Waals surface area (Å²) in [5.41, 5.74) is 6.15. The molecule has 0 saturated heterocycles. The monoisotopic (exact) mass is 514 g/mol. The van der Waals surface area contributed by atoms with Crippen LogP contribution in [-0.4, -0.2) is 49.6 Å². The Morgan fingerprint density at radius 3 is 2.53 bits per heavy atom. The lowest BCUT2D eigenvalue weighted by Crippen LogP contribution is -2.39. The second-order valence-corrected chi connectivity index (χ2v) is 11.9. The van der Waals surface area contributed by atoms with Crippen molar-refractivity contribution in [2.75, 3.05) is 26.7 Å². The molecule has 1 aliphatic rings. The SMILES string of the molecule is CCc1sc(C(=O)CCc2cc(C)c(OCC(O)CNC(=O)CNC)c(C)c2)c2c1CC(C)(C)CC2. The van der Waals surface area contributed by atoms with Crippen molar-refractivity contribution in [3.63, 3.8) is 0 Å². The number of amides is 1. The van der Waals surface area contributed by atoms with E-state index in [9.17, 15) is 14.7 Å². The third kappa shape index (κ3) is 7.17. The summed E-state index contributed by atoms with van der Waals surface area (Å²) in [5, 5.41) is 15.6. The van der Waals surface area contributed by atoms with Crippen LogP contribution in [0.1, 0.15) is 76.0 Å². The van der Waals surface area contributed by atoms with Gasteiger partial charge in [-0.25, -0.2) is 0 Å². The third-order valence-electron chi connectivity index (χ3n) is 6.93. The maximum Gasteiger partial charge on any atom is 0.234 e. The predicted octanol–water partition coefficient (Wildman–Crippen LogP) is 4.33. The number of rotatable bonds is 12. The predicted molar refractivity (Wildman–Crippen MR) is 147 cm³/mol. The summed E-state index contributed by atoms with van der Waals surface area (Å²) in [6.07, 6.45) is 4.62. The zero-order chi connectivity index (χ0) is 26.5. The molecule has 1 atom stereocenters. The first-order valence-electron chi connectivity index (χ1n) is 13.0. The van der Waals surface area contributed by atoms with Gasteiger partial charge in [-0.3, -0.25) is 9.59 Å². The Labute approximate surface area is 219 Å². The molecule has 6 nitrogen and oxygen atoms in total. The molecule has 1 unspecified atom stereocenters. The van der Waals surface area contributed by atoms with E-state index < -0.39 is 6.10 Å². The highest BCUT2D eigenvalue weighted by molar-refractivity contribution is 7.14. The zero-order valence-corrected chi connectivity index (χ0v) is 23.5. The van der Waals surface area contributed by atoms with Gasteiger partial charge in [0.05, 0.1) is 11.4 Å². The standard InChI is InChI=1S/C29H42N2O4S/c1-7-25-23-14-29(4,5)11-10-22(23)28(36-25)24(33)9-8-20-12-18(2)27(19(3)13-20)35-17-21(32)15-31-26(34)16-30-6/h12-13,21,30,32H,7-11,14-17H2,1-6H3,(H,31,34). The van der Waals surface area contributed by atoms with Gasteiger partial charge in [0, 0.05) is 17.8 Å². The van der Waals surface area contributed by atoms with E-state index in [2.05, 4.69) is 43.5 Å². The lowest BCUT2D eigenvalue weighted by atomic mass is 9.74. The number of thiophene rings is 1. The Kier molecular flexibility index (Phi) is 9.72. The van der Waals surface area contributed by atoms with Gasteiger partial charge in [-0.2, -0.15) is 0 Å². The fraction of sp³-hybridized carbons (Fsp3) is 0.586. The summed E-state index contributed by atoms with van der Waals surface area (Å²) in [6, 6.07) is 4.14. The van der Waals surface area contributed by atoms with Gasteiger partial charge < -0.3 is 20.5 Å². The van der Waals surface area contributed by atoms with E-state index in [4.69, 9.17) is 4.74 Å². The van der Waals surface area contributed by atoms with E-state index in [1.54, 1.807) is 18.4 Å². The number of hydrogen-bond acceptors (Lipinski definition) is 6. The van der Waals surface area contributed by atoms with Crippen LogP contribution in [0.4, 0.5) is 0 Å². The minimum absolute atomic E-state index is 0.0966. The van der Waals surface area contributed by atoms with Crippen molar-refractivity contribution < 1.29 is 19.4 Å².